The summed E-state index contributed by atoms with van der Waals surface area (Å²) in [6.07, 6.45) is 6.53. The van der Waals surface area contributed by atoms with Crippen LogP contribution in [0.1, 0.15) is 37.3 Å². The Balaban J connectivity index is 2.01. The molecule has 1 saturated carbocycles. The lowest BCUT2D eigenvalue weighted by atomic mass is 10.0. The summed E-state index contributed by atoms with van der Waals surface area (Å²) < 4.78 is 5.90. The van der Waals surface area contributed by atoms with Gasteiger partial charge in [0, 0.05) is 23.7 Å². The van der Waals surface area contributed by atoms with Crippen LogP contribution in [0.4, 0.5) is 5.82 Å². The Morgan fingerprint density at radius 1 is 1.24 bits per heavy atom. The number of nitrogen functional groups attached to an aromatic ring is 1. The molecule has 5 nitrogen and oxygen atoms in total. The lowest BCUT2D eigenvalue weighted by Crippen LogP contribution is -2.06. The Morgan fingerprint density at radius 3 is 2.62 bits per heavy atom. The smallest absolute Gasteiger partial charge is 0.212 e. The number of halogens is 1. The lowest BCUT2D eigenvalue weighted by Gasteiger charge is -2.14. The first kappa shape index (κ1) is 14.3. The summed E-state index contributed by atoms with van der Waals surface area (Å²) in [5, 5.41) is 0. The van der Waals surface area contributed by atoms with Gasteiger partial charge in [-0.15, -0.1) is 0 Å². The van der Waals surface area contributed by atoms with Gasteiger partial charge in [0.1, 0.15) is 5.82 Å². The van der Waals surface area contributed by atoms with Crippen LogP contribution < -0.4 is 10.5 Å². The molecule has 1 fully saturated rings. The normalized spacial score (nSPS) is 15.3. The number of nitrogens with zero attached hydrogens (tertiary/aromatic N) is 3. The van der Waals surface area contributed by atoms with E-state index in [0.717, 1.165) is 28.6 Å². The first-order chi connectivity index (χ1) is 10.2. The SMILES string of the molecule is COc1ccc(-c2nc(N)c(Br)c(C3CCCC3)n2)cn1. The van der Waals surface area contributed by atoms with E-state index in [4.69, 9.17) is 15.5 Å². The molecule has 21 heavy (non-hydrogen) atoms. The van der Waals surface area contributed by atoms with Crippen molar-refractivity contribution in [2.75, 3.05) is 12.8 Å². The number of ether oxygens (including phenoxy) is 1. The molecule has 0 amide bonds. The number of hydrogen-bond donors (Lipinski definition) is 1. The zero-order valence-corrected chi connectivity index (χ0v) is 13.4. The van der Waals surface area contributed by atoms with Crippen molar-refractivity contribution in [2.45, 2.75) is 31.6 Å². The van der Waals surface area contributed by atoms with Gasteiger partial charge in [0.05, 0.1) is 17.3 Å². The van der Waals surface area contributed by atoms with Gasteiger partial charge in [0.2, 0.25) is 5.88 Å². The van der Waals surface area contributed by atoms with Crippen LogP contribution in [0.3, 0.4) is 0 Å². The molecule has 2 N–H and O–H groups in total. The van der Waals surface area contributed by atoms with Crippen molar-refractivity contribution in [2.24, 2.45) is 0 Å². The molecule has 0 aromatic carbocycles. The largest absolute Gasteiger partial charge is 0.481 e. The third-order valence-corrected chi connectivity index (χ3v) is 4.66. The quantitative estimate of drug-likeness (QED) is 0.917. The van der Waals surface area contributed by atoms with Gasteiger partial charge in [0.25, 0.3) is 0 Å². The average Bonchev–Trinajstić information content (AvgIpc) is 3.04. The Bertz CT molecular complexity index is 639. The minimum atomic E-state index is 0.467. The van der Waals surface area contributed by atoms with Gasteiger partial charge in [-0.3, -0.25) is 0 Å². The van der Waals surface area contributed by atoms with Gasteiger partial charge in [-0.2, -0.15) is 0 Å². The molecule has 0 unspecified atom stereocenters. The molecule has 0 spiro atoms. The third kappa shape index (κ3) is 2.85. The second-order valence-corrected chi connectivity index (χ2v) is 6.00. The summed E-state index contributed by atoms with van der Waals surface area (Å²) in [6.45, 7) is 0. The summed E-state index contributed by atoms with van der Waals surface area (Å²) in [4.78, 5) is 13.3. The highest BCUT2D eigenvalue weighted by Gasteiger charge is 2.23. The van der Waals surface area contributed by atoms with E-state index in [0.29, 0.717) is 23.4 Å². The predicted molar refractivity (Wildman–Crippen MR) is 85.1 cm³/mol. The third-order valence-electron chi connectivity index (χ3n) is 3.85. The highest BCUT2D eigenvalue weighted by molar-refractivity contribution is 9.10. The molecule has 6 heteroatoms. The van der Waals surface area contributed by atoms with Crippen molar-refractivity contribution < 1.29 is 4.74 Å². The monoisotopic (exact) mass is 348 g/mol. The standard InChI is InChI=1S/C15H17BrN4O/c1-21-11-7-6-10(8-18-11)15-19-13(9-4-2-3-5-9)12(16)14(17)20-15/h6-9H,2-5H2,1H3,(H2,17,19,20). The van der Waals surface area contributed by atoms with Gasteiger partial charge in [-0.1, -0.05) is 12.8 Å². The van der Waals surface area contributed by atoms with Crippen molar-refractivity contribution in [1.29, 1.82) is 0 Å². The Kier molecular flexibility index (Phi) is 4.05. The van der Waals surface area contributed by atoms with E-state index in [9.17, 15) is 0 Å². The first-order valence-corrected chi connectivity index (χ1v) is 7.81. The van der Waals surface area contributed by atoms with Crippen molar-refractivity contribution in [1.82, 2.24) is 15.0 Å². The lowest BCUT2D eigenvalue weighted by molar-refractivity contribution is 0.398. The van der Waals surface area contributed by atoms with E-state index >= 15 is 0 Å². The Morgan fingerprint density at radius 2 is 2.00 bits per heavy atom. The fourth-order valence-electron chi connectivity index (χ4n) is 2.71. The molecule has 110 valence electrons. The van der Waals surface area contributed by atoms with E-state index in [1.807, 2.05) is 6.07 Å². The minimum absolute atomic E-state index is 0.467. The van der Waals surface area contributed by atoms with Crippen LogP contribution in [0.25, 0.3) is 11.4 Å². The molecular formula is C15H17BrN4O. The fraction of sp³-hybridized carbons (Fsp3) is 0.400. The van der Waals surface area contributed by atoms with Crippen molar-refractivity contribution in [3.63, 3.8) is 0 Å². The summed E-state index contributed by atoms with van der Waals surface area (Å²) in [7, 11) is 1.59. The number of aromatic nitrogens is 3. The molecule has 1 aliphatic carbocycles. The molecule has 0 aliphatic heterocycles. The van der Waals surface area contributed by atoms with Crippen molar-refractivity contribution in [3.8, 4) is 17.3 Å². The van der Waals surface area contributed by atoms with E-state index in [1.165, 1.54) is 12.8 Å². The number of rotatable bonds is 3. The highest BCUT2D eigenvalue weighted by atomic mass is 79.9. The van der Waals surface area contributed by atoms with E-state index < -0.39 is 0 Å². The predicted octanol–water partition coefficient (Wildman–Crippen LogP) is 3.55. The molecule has 0 bridgehead atoms. The maximum Gasteiger partial charge on any atom is 0.212 e. The maximum absolute atomic E-state index is 6.04. The molecule has 2 heterocycles. The van der Waals surface area contributed by atoms with Gasteiger partial charge in [0.15, 0.2) is 5.82 Å². The molecule has 2 aromatic heterocycles. The topological polar surface area (TPSA) is 73.9 Å². The number of hydrogen-bond acceptors (Lipinski definition) is 5. The van der Waals surface area contributed by atoms with E-state index in [1.54, 1.807) is 19.4 Å². The molecule has 1 aliphatic rings. The molecule has 0 atom stereocenters. The van der Waals surface area contributed by atoms with Gasteiger partial charge < -0.3 is 10.5 Å². The van der Waals surface area contributed by atoms with Crippen LogP contribution in [0, 0.1) is 0 Å². The molecule has 0 saturated heterocycles. The average molecular weight is 349 g/mol. The second kappa shape index (κ2) is 5.97. The maximum atomic E-state index is 6.04. The summed E-state index contributed by atoms with van der Waals surface area (Å²) in [5.74, 6) is 2.14. The Hall–Kier alpha value is -1.69. The van der Waals surface area contributed by atoms with Gasteiger partial charge in [-0.05, 0) is 34.8 Å². The molecule has 2 aromatic rings. The molecule has 0 radical (unpaired) electrons. The van der Waals surface area contributed by atoms with Crippen LogP contribution in [-0.4, -0.2) is 22.1 Å². The van der Waals surface area contributed by atoms with E-state index in [2.05, 4.69) is 25.9 Å². The summed E-state index contributed by atoms with van der Waals surface area (Å²) in [5.41, 5.74) is 7.90. The fourth-order valence-corrected chi connectivity index (χ4v) is 3.22. The molecular weight excluding hydrogens is 332 g/mol. The number of anilines is 1. The number of pyridine rings is 1. The van der Waals surface area contributed by atoms with Gasteiger partial charge in [-0.25, -0.2) is 15.0 Å². The minimum Gasteiger partial charge on any atom is -0.481 e. The van der Waals surface area contributed by atoms with Crippen molar-refractivity contribution in [3.05, 3.63) is 28.5 Å². The summed E-state index contributed by atoms with van der Waals surface area (Å²) >= 11 is 3.53. The van der Waals surface area contributed by atoms with E-state index in [-0.39, 0.29) is 0 Å². The van der Waals surface area contributed by atoms with Gasteiger partial charge >= 0.3 is 0 Å². The summed E-state index contributed by atoms with van der Waals surface area (Å²) in [6, 6.07) is 3.69. The zero-order chi connectivity index (χ0) is 14.8. The first-order valence-electron chi connectivity index (χ1n) is 7.02. The van der Waals surface area contributed by atoms with Crippen molar-refractivity contribution >= 4 is 21.7 Å². The number of methoxy groups -OCH3 is 1. The zero-order valence-electron chi connectivity index (χ0n) is 11.8. The second-order valence-electron chi connectivity index (χ2n) is 5.20. The molecule has 3 rings (SSSR count). The van der Waals surface area contributed by atoms with Crippen LogP contribution >= 0.6 is 15.9 Å². The van der Waals surface area contributed by atoms with Crippen LogP contribution in [0.2, 0.25) is 0 Å². The van der Waals surface area contributed by atoms with Crippen LogP contribution in [0.5, 0.6) is 5.88 Å². The van der Waals surface area contributed by atoms with Crippen LogP contribution in [-0.2, 0) is 0 Å². The number of nitrogens with two attached hydrogens (primary N) is 1. The Labute approximate surface area is 132 Å². The van der Waals surface area contributed by atoms with Crippen LogP contribution in [0.15, 0.2) is 22.8 Å². The highest BCUT2D eigenvalue weighted by Crippen LogP contribution is 2.38.